The number of rotatable bonds is 6. The first-order chi connectivity index (χ1) is 10.8. The van der Waals surface area contributed by atoms with E-state index < -0.39 is 0 Å². The summed E-state index contributed by atoms with van der Waals surface area (Å²) in [5.41, 5.74) is 2.89. The predicted octanol–water partition coefficient (Wildman–Crippen LogP) is 2.51. The van der Waals surface area contributed by atoms with Gasteiger partial charge in [-0.2, -0.15) is 0 Å². The Bertz CT molecular complexity index is 641. The molecular weight excluding hydrogens is 276 g/mol. The number of benzene rings is 2. The third-order valence-electron chi connectivity index (χ3n) is 3.70. The molecule has 2 N–H and O–H groups in total. The molecule has 0 fully saturated rings. The van der Waals surface area contributed by atoms with Crippen LogP contribution in [0.15, 0.2) is 48.5 Å². The van der Waals surface area contributed by atoms with Crippen LogP contribution in [0, 0.1) is 0 Å². The Hall–Kier alpha value is -2.33. The van der Waals surface area contributed by atoms with E-state index in [9.17, 15) is 4.79 Å². The summed E-state index contributed by atoms with van der Waals surface area (Å²) in [6.45, 7) is 2.59. The van der Waals surface area contributed by atoms with E-state index in [1.807, 2.05) is 36.4 Å². The average molecular weight is 296 g/mol. The number of carbonyl (C=O) groups excluding carboxylic acids is 1. The Morgan fingerprint density at radius 1 is 1.18 bits per heavy atom. The molecule has 0 bridgehead atoms. The standard InChI is InChI=1S/C18H20N2O2/c21-17(13-19-9-8-14-4-2-1-3-5-14)15-6-7-18-16(12-15)20-10-11-22-18/h1-7,12,19-20H,8-11,13H2. The zero-order valence-corrected chi connectivity index (χ0v) is 12.5. The van der Waals surface area contributed by atoms with Crippen molar-refractivity contribution in [1.29, 1.82) is 0 Å². The summed E-state index contributed by atoms with van der Waals surface area (Å²) >= 11 is 0. The molecule has 3 rings (SSSR count). The van der Waals surface area contributed by atoms with Crippen LogP contribution in [0.4, 0.5) is 5.69 Å². The summed E-state index contributed by atoms with van der Waals surface area (Å²) in [5, 5.41) is 6.46. The molecule has 22 heavy (non-hydrogen) atoms. The van der Waals surface area contributed by atoms with Crippen LogP contribution < -0.4 is 15.4 Å². The lowest BCUT2D eigenvalue weighted by atomic mass is 10.1. The topological polar surface area (TPSA) is 50.4 Å². The zero-order chi connectivity index (χ0) is 15.2. The van der Waals surface area contributed by atoms with Crippen molar-refractivity contribution < 1.29 is 9.53 Å². The number of carbonyl (C=O) groups is 1. The van der Waals surface area contributed by atoms with Crippen LogP contribution in [-0.2, 0) is 6.42 Å². The molecule has 0 radical (unpaired) electrons. The monoisotopic (exact) mass is 296 g/mol. The van der Waals surface area contributed by atoms with Crippen LogP contribution in [0.2, 0.25) is 0 Å². The lowest BCUT2D eigenvalue weighted by Gasteiger charge is -2.19. The molecule has 0 aliphatic carbocycles. The second-order valence-corrected chi connectivity index (χ2v) is 5.32. The van der Waals surface area contributed by atoms with E-state index in [1.165, 1.54) is 5.56 Å². The SMILES string of the molecule is O=C(CNCCc1ccccc1)c1ccc2c(c1)NCCO2. The van der Waals surface area contributed by atoms with Gasteiger partial charge in [-0.3, -0.25) is 4.79 Å². The number of hydrogen-bond donors (Lipinski definition) is 2. The van der Waals surface area contributed by atoms with Gasteiger partial charge >= 0.3 is 0 Å². The van der Waals surface area contributed by atoms with Crippen molar-refractivity contribution in [3.63, 3.8) is 0 Å². The van der Waals surface area contributed by atoms with Gasteiger partial charge in [0.25, 0.3) is 0 Å². The van der Waals surface area contributed by atoms with Gasteiger partial charge in [-0.05, 0) is 36.7 Å². The van der Waals surface area contributed by atoms with Gasteiger partial charge in [-0.25, -0.2) is 0 Å². The van der Waals surface area contributed by atoms with E-state index in [2.05, 4.69) is 22.8 Å². The molecule has 1 aliphatic heterocycles. The molecule has 0 atom stereocenters. The molecule has 4 nitrogen and oxygen atoms in total. The van der Waals surface area contributed by atoms with Crippen LogP contribution in [0.1, 0.15) is 15.9 Å². The van der Waals surface area contributed by atoms with Crippen LogP contribution in [0.25, 0.3) is 0 Å². The number of anilines is 1. The normalized spacial score (nSPS) is 12.9. The first-order valence-electron chi connectivity index (χ1n) is 7.61. The largest absolute Gasteiger partial charge is 0.490 e. The third-order valence-corrected chi connectivity index (χ3v) is 3.70. The molecule has 0 aromatic heterocycles. The van der Waals surface area contributed by atoms with Crippen molar-refractivity contribution in [3.05, 3.63) is 59.7 Å². The summed E-state index contributed by atoms with van der Waals surface area (Å²) in [4.78, 5) is 12.2. The number of hydrogen-bond acceptors (Lipinski definition) is 4. The Morgan fingerprint density at radius 3 is 2.91 bits per heavy atom. The van der Waals surface area contributed by atoms with Crippen molar-refractivity contribution in [2.75, 3.05) is 31.6 Å². The molecule has 0 saturated heterocycles. The van der Waals surface area contributed by atoms with E-state index in [1.54, 1.807) is 0 Å². The van der Waals surface area contributed by atoms with Crippen molar-refractivity contribution >= 4 is 11.5 Å². The van der Waals surface area contributed by atoms with Crippen LogP contribution in [0.5, 0.6) is 5.75 Å². The molecule has 0 saturated carbocycles. The highest BCUT2D eigenvalue weighted by atomic mass is 16.5. The van der Waals surface area contributed by atoms with Crippen molar-refractivity contribution in [3.8, 4) is 5.75 Å². The highest BCUT2D eigenvalue weighted by Crippen LogP contribution is 2.28. The van der Waals surface area contributed by atoms with Gasteiger partial charge in [0.2, 0.25) is 0 Å². The van der Waals surface area contributed by atoms with Gasteiger partial charge in [0, 0.05) is 12.1 Å². The summed E-state index contributed by atoms with van der Waals surface area (Å²) in [6.07, 6.45) is 0.924. The molecule has 0 amide bonds. The van der Waals surface area contributed by atoms with Gasteiger partial charge < -0.3 is 15.4 Å². The smallest absolute Gasteiger partial charge is 0.176 e. The molecule has 2 aromatic rings. The molecule has 4 heteroatoms. The molecule has 1 aliphatic rings. The van der Waals surface area contributed by atoms with Crippen molar-refractivity contribution in [2.45, 2.75) is 6.42 Å². The van der Waals surface area contributed by atoms with Crippen LogP contribution >= 0.6 is 0 Å². The van der Waals surface area contributed by atoms with E-state index in [0.29, 0.717) is 18.7 Å². The first-order valence-corrected chi connectivity index (χ1v) is 7.61. The average Bonchev–Trinajstić information content (AvgIpc) is 2.59. The molecule has 114 valence electrons. The molecular formula is C18H20N2O2. The van der Waals surface area contributed by atoms with E-state index in [4.69, 9.17) is 4.74 Å². The van der Waals surface area contributed by atoms with E-state index in [0.717, 1.165) is 30.9 Å². The predicted molar refractivity (Wildman–Crippen MR) is 87.8 cm³/mol. The molecule has 0 unspecified atom stereocenters. The van der Waals surface area contributed by atoms with Gasteiger partial charge in [0.15, 0.2) is 5.78 Å². The molecule has 0 spiro atoms. The minimum Gasteiger partial charge on any atom is -0.490 e. The Morgan fingerprint density at radius 2 is 2.05 bits per heavy atom. The number of nitrogens with one attached hydrogen (secondary N) is 2. The Kier molecular flexibility index (Phi) is 4.71. The zero-order valence-electron chi connectivity index (χ0n) is 12.5. The second-order valence-electron chi connectivity index (χ2n) is 5.32. The Balaban J connectivity index is 1.49. The second kappa shape index (κ2) is 7.09. The molecule has 1 heterocycles. The number of Topliss-reactive ketones (excluding diaryl/α,β-unsaturated/α-hetero) is 1. The summed E-state index contributed by atoms with van der Waals surface area (Å²) in [7, 11) is 0. The molecule has 2 aromatic carbocycles. The van der Waals surface area contributed by atoms with Gasteiger partial charge in [-0.15, -0.1) is 0 Å². The summed E-state index contributed by atoms with van der Waals surface area (Å²) in [5.74, 6) is 0.920. The fourth-order valence-corrected chi connectivity index (χ4v) is 2.50. The van der Waals surface area contributed by atoms with Crippen LogP contribution in [0.3, 0.4) is 0 Å². The van der Waals surface area contributed by atoms with Gasteiger partial charge in [0.05, 0.1) is 12.2 Å². The number of ether oxygens (including phenoxy) is 1. The first kappa shape index (κ1) is 14.6. The highest BCUT2D eigenvalue weighted by molar-refractivity contribution is 5.98. The summed E-state index contributed by atoms with van der Waals surface area (Å²) < 4.78 is 5.52. The lowest BCUT2D eigenvalue weighted by molar-refractivity contribution is 0.0991. The fraction of sp³-hybridized carbons (Fsp3) is 0.278. The van der Waals surface area contributed by atoms with E-state index >= 15 is 0 Å². The van der Waals surface area contributed by atoms with Gasteiger partial charge in [-0.1, -0.05) is 30.3 Å². The van der Waals surface area contributed by atoms with Crippen molar-refractivity contribution in [2.24, 2.45) is 0 Å². The fourth-order valence-electron chi connectivity index (χ4n) is 2.50. The number of ketones is 1. The van der Waals surface area contributed by atoms with Crippen molar-refractivity contribution in [1.82, 2.24) is 5.32 Å². The Labute approximate surface area is 130 Å². The maximum absolute atomic E-state index is 12.2. The quantitative estimate of drug-likeness (QED) is 0.635. The maximum atomic E-state index is 12.2. The third kappa shape index (κ3) is 3.65. The maximum Gasteiger partial charge on any atom is 0.176 e. The van der Waals surface area contributed by atoms with Gasteiger partial charge in [0.1, 0.15) is 12.4 Å². The highest BCUT2D eigenvalue weighted by Gasteiger charge is 2.13. The minimum absolute atomic E-state index is 0.100. The minimum atomic E-state index is 0.100. The lowest BCUT2D eigenvalue weighted by Crippen LogP contribution is -2.25. The number of fused-ring (bicyclic) bond motifs is 1. The van der Waals surface area contributed by atoms with E-state index in [-0.39, 0.29) is 5.78 Å². The van der Waals surface area contributed by atoms with Crippen LogP contribution in [-0.4, -0.2) is 32.0 Å². The summed E-state index contributed by atoms with van der Waals surface area (Å²) in [6, 6.07) is 15.8.